The molecule has 2 N–H and O–H groups in total. The van der Waals surface area contributed by atoms with Gasteiger partial charge in [-0.3, -0.25) is 4.79 Å². The molecule has 0 aliphatic carbocycles. The van der Waals surface area contributed by atoms with E-state index in [1.807, 2.05) is 24.3 Å². The molecule has 6 nitrogen and oxygen atoms in total. The van der Waals surface area contributed by atoms with Gasteiger partial charge in [0.1, 0.15) is 5.69 Å². The number of rotatable bonds is 8. The van der Waals surface area contributed by atoms with Crippen molar-refractivity contribution in [3.63, 3.8) is 0 Å². The third kappa shape index (κ3) is 4.82. The van der Waals surface area contributed by atoms with Crippen LogP contribution in [0.5, 0.6) is 0 Å². The minimum Gasteiger partial charge on any atom is -0.477 e. The van der Waals surface area contributed by atoms with Gasteiger partial charge < -0.3 is 19.9 Å². The van der Waals surface area contributed by atoms with Crippen LogP contribution in [0.4, 0.5) is 11.4 Å². The second-order valence-electron chi connectivity index (χ2n) is 6.53. The van der Waals surface area contributed by atoms with Crippen LogP contribution in [0.15, 0.2) is 48.5 Å². The van der Waals surface area contributed by atoms with Crippen molar-refractivity contribution >= 4 is 66.0 Å². The molecule has 0 aliphatic rings. The molecule has 152 valence electrons. The van der Waals surface area contributed by atoms with Crippen LogP contribution in [0.1, 0.15) is 20.8 Å². The van der Waals surface area contributed by atoms with Crippen molar-refractivity contribution in [2.45, 2.75) is 0 Å². The number of carboxylic acids is 1. The van der Waals surface area contributed by atoms with Crippen molar-refractivity contribution in [1.29, 1.82) is 0 Å². The van der Waals surface area contributed by atoms with Crippen LogP contribution in [0.3, 0.4) is 0 Å². The fraction of sp³-hybridized carbons (Fsp3) is 0.238. The van der Waals surface area contributed by atoms with E-state index in [2.05, 4.69) is 42.1 Å². The standard InChI is InChI=1S/C21H21Br2N3O3/c1-25-18-7-4-16(12-15(18)13-19(25)21(28)29)24-20(27)14-2-5-17(6-3-14)26(10-8-22)11-9-23/h2-7,12-13H,8-11H2,1H3,(H,24,27)(H,28,29). The summed E-state index contributed by atoms with van der Waals surface area (Å²) in [5.41, 5.74) is 3.24. The molecule has 1 amide bonds. The lowest BCUT2D eigenvalue weighted by Gasteiger charge is -2.23. The Bertz CT molecular complexity index is 1030. The number of hydrogen-bond donors (Lipinski definition) is 2. The molecule has 0 aliphatic heterocycles. The highest BCUT2D eigenvalue weighted by Gasteiger charge is 2.13. The maximum atomic E-state index is 12.6. The molecule has 2 aromatic carbocycles. The number of benzene rings is 2. The average molecular weight is 523 g/mol. The lowest BCUT2D eigenvalue weighted by molar-refractivity contribution is 0.0687. The summed E-state index contributed by atoms with van der Waals surface area (Å²) in [5.74, 6) is -1.19. The summed E-state index contributed by atoms with van der Waals surface area (Å²) >= 11 is 6.94. The van der Waals surface area contributed by atoms with Gasteiger partial charge in [0.2, 0.25) is 0 Å². The molecule has 0 spiro atoms. The van der Waals surface area contributed by atoms with Gasteiger partial charge in [0.15, 0.2) is 0 Å². The molecule has 3 aromatic rings. The molecule has 8 heteroatoms. The largest absolute Gasteiger partial charge is 0.477 e. The normalized spacial score (nSPS) is 10.9. The highest BCUT2D eigenvalue weighted by molar-refractivity contribution is 9.09. The first-order valence-electron chi connectivity index (χ1n) is 9.05. The highest BCUT2D eigenvalue weighted by Crippen LogP contribution is 2.23. The van der Waals surface area contributed by atoms with Crippen LogP contribution in [0.25, 0.3) is 10.9 Å². The topological polar surface area (TPSA) is 74.6 Å². The van der Waals surface area contributed by atoms with Crippen LogP contribution in [0.2, 0.25) is 0 Å². The smallest absolute Gasteiger partial charge is 0.352 e. The van der Waals surface area contributed by atoms with E-state index in [1.54, 1.807) is 35.9 Å². The fourth-order valence-electron chi connectivity index (χ4n) is 3.23. The molecular weight excluding hydrogens is 502 g/mol. The molecule has 0 fully saturated rings. The first kappa shape index (κ1) is 21.4. The SMILES string of the molecule is Cn1c(C(=O)O)cc2cc(NC(=O)c3ccc(N(CCBr)CCBr)cc3)ccc21. The van der Waals surface area contributed by atoms with Gasteiger partial charge in [-0.1, -0.05) is 31.9 Å². The molecule has 1 heterocycles. The summed E-state index contributed by atoms with van der Waals surface area (Å²) in [4.78, 5) is 26.2. The van der Waals surface area contributed by atoms with E-state index >= 15 is 0 Å². The van der Waals surface area contributed by atoms with Crippen molar-refractivity contribution in [1.82, 2.24) is 4.57 Å². The van der Waals surface area contributed by atoms with Gasteiger partial charge in [-0.05, 0) is 48.5 Å². The van der Waals surface area contributed by atoms with Gasteiger partial charge in [-0.2, -0.15) is 0 Å². The summed E-state index contributed by atoms with van der Waals surface area (Å²) in [6.07, 6.45) is 0. The van der Waals surface area contributed by atoms with Crippen LogP contribution in [-0.2, 0) is 7.05 Å². The number of aromatic carboxylic acids is 1. The number of amides is 1. The van der Waals surface area contributed by atoms with Gasteiger partial charge in [0.05, 0.1) is 0 Å². The number of aryl methyl sites for hydroxylation is 1. The van der Waals surface area contributed by atoms with Crippen molar-refractivity contribution in [2.24, 2.45) is 7.05 Å². The monoisotopic (exact) mass is 521 g/mol. The predicted octanol–water partition coefficient (Wildman–Crippen LogP) is 4.73. The van der Waals surface area contributed by atoms with E-state index in [0.717, 1.165) is 40.3 Å². The van der Waals surface area contributed by atoms with Crippen molar-refractivity contribution in [2.75, 3.05) is 34.0 Å². The first-order valence-corrected chi connectivity index (χ1v) is 11.3. The number of carboxylic acid groups (broad SMARTS) is 1. The maximum absolute atomic E-state index is 12.6. The maximum Gasteiger partial charge on any atom is 0.352 e. The van der Waals surface area contributed by atoms with Gasteiger partial charge in [-0.25, -0.2) is 4.79 Å². The zero-order chi connectivity index (χ0) is 21.0. The molecule has 29 heavy (non-hydrogen) atoms. The Balaban J connectivity index is 1.76. The Kier molecular flexibility index (Phi) is 6.97. The Morgan fingerprint density at radius 2 is 1.69 bits per heavy atom. The van der Waals surface area contributed by atoms with Crippen LogP contribution in [0, 0.1) is 0 Å². The van der Waals surface area contributed by atoms with E-state index in [9.17, 15) is 14.7 Å². The minimum atomic E-state index is -0.983. The molecule has 0 saturated heterocycles. The number of alkyl halides is 2. The summed E-state index contributed by atoms with van der Waals surface area (Å²) in [6.45, 7) is 1.76. The lowest BCUT2D eigenvalue weighted by atomic mass is 10.1. The number of fused-ring (bicyclic) bond motifs is 1. The van der Waals surface area contributed by atoms with Crippen molar-refractivity contribution in [3.8, 4) is 0 Å². The molecule has 0 bridgehead atoms. The van der Waals surface area contributed by atoms with E-state index in [0.29, 0.717) is 11.3 Å². The first-order chi connectivity index (χ1) is 13.9. The summed E-state index contributed by atoms with van der Waals surface area (Å²) in [5, 5.41) is 14.6. The number of hydrogen-bond acceptors (Lipinski definition) is 3. The molecular formula is C21H21Br2N3O3. The number of halogens is 2. The number of nitrogens with one attached hydrogen (secondary N) is 1. The number of nitrogens with zero attached hydrogens (tertiary/aromatic N) is 2. The fourth-order valence-corrected chi connectivity index (χ4v) is 4.09. The molecule has 0 radical (unpaired) electrons. The van der Waals surface area contributed by atoms with E-state index in [1.165, 1.54) is 0 Å². The van der Waals surface area contributed by atoms with Crippen molar-refractivity contribution in [3.05, 3.63) is 59.8 Å². The number of carbonyl (C=O) groups is 2. The van der Waals surface area contributed by atoms with Gasteiger partial charge >= 0.3 is 5.97 Å². The van der Waals surface area contributed by atoms with E-state index < -0.39 is 5.97 Å². The van der Waals surface area contributed by atoms with E-state index in [-0.39, 0.29) is 11.6 Å². The van der Waals surface area contributed by atoms with Gasteiger partial charge in [0, 0.05) is 58.6 Å². The summed E-state index contributed by atoms with van der Waals surface area (Å²) < 4.78 is 1.62. The van der Waals surface area contributed by atoms with Gasteiger partial charge in [0.25, 0.3) is 5.91 Å². The quantitative estimate of drug-likeness (QED) is 0.419. The summed E-state index contributed by atoms with van der Waals surface area (Å²) in [7, 11) is 1.71. The third-order valence-corrected chi connectivity index (χ3v) is 5.43. The number of anilines is 2. The van der Waals surface area contributed by atoms with Crippen LogP contribution < -0.4 is 10.2 Å². The minimum absolute atomic E-state index is 0.204. The Hall–Kier alpha value is -2.32. The van der Waals surface area contributed by atoms with E-state index in [4.69, 9.17) is 0 Å². The lowest BCUT2D eigenvalue weighted by Crippen LogP contribution is -2.27. The number of aromatic nitrogens is 1. The van der Waals surface area contributed by atoms with Crippen molar-refractivity contribution < 1.29 is 14.7 Å². The third-order valence-electron chi connectivity index (χ3n) is 4.72. The Morgan fingerprint density at radius 1 is 1.03 bits per heavy atom. The second kappa shape index (κ2) is 9.45. The number of carbonyl (C=O) groups excluding carboxylic acids is 1. The van der Waals surface area contributed by atoms with Gasteiger partial charge in [-0.15, -0.1) is 0 Å². The molecule has 0 saturated carbocycles. The van der Waals surface area contributed by atoms with Crippen LogP contribution >= 0.6 is 31.9 Å². The molecule has 0 unspecified atom stereocenters. The predicted molar refractivity (Wildman–Crippen MR) is 124 cm³/mol. The second-order valence-corrected chi connectivity index (χ2v) is 8.12. The molecule has 1 aromatic heterocycles. The average Bonchev–Trinajstić information content (AvgIpc) is 3.04. The van der Waals surface area contributed by atoms with Crippen LogP contribution in [-0.4, -0.2) is 45.3 Å². The zero-order valence-corrected chi connectivity index (χ0v) is 19.0. The zero-order valence-electron chi connectivity index (χ0n) is 15.9. The highest BCUT2D eigenvalue weighted by atomic mass is 79.9. The molecule has 3 rings (SSSR count). The summed E-state index contributed by atoms with van der Waals surface area (Å²) in [6, 6.07) is 14.5. The Labute approximate surface area is 185 Å². The Morgan fingerprint density at radius 3 is 2.28 bits per heavy atom. The molecule has 0 atom stereocenters.